The van der Waals surface area contributed by atoms with Gasteiger partial charge in [-0.15, -0.1) is 5.10 Å². The van der Waals surface area contributed by atoms with E-state index in [0.29, 0.717) is 35.8 Å². The Balaban J connectivity index is 1.58. The number of aromatic nitrogens is 4. The maximum absolute atomic E-state index is 12.1. The molecule has 1 amide bonds. The molecule has 0 saturated carbocycles. The molecule has 9 nitrogen and oxygen atoms in total. The summed E-state index contributed by atoms with van der Waals surface area (Å²) in [5, 5.41) is 16.7. The van der Waals surface area contributed by atoms with Crippen LogP contribution in [0.3, 0.4) is 0 Å². The topological polar surface area (TPSA) is 119 Å². The standard InChI is InChI=1S/C19H19N7O2/c20-8-7-18(27)25-10-2-3-13(12-25)23-16-5-6-17-22-11-15(26(17)24-16)14-4-1-9-21-19(14)28/h1,4-6,9,11,13H,2-3,7,10,12H2,(H,21,28)(H,23,24)/t13-/m1/s1. The number of carbonyl (C=O) groups excluding carboxylic acids is 1. The number of imidazole rings is 1. The Labute approximate surface area is 160 Å². The van der Waals surface area contributed by atoms with Gasteiger partial charge >= 0.3 is 0 Å². The van der Waals surface area contributed by atoms with Crippen LogP contribution in [0, 0.1) is 11.3 Å². The van der Waals surface area contributed by atoms with Crippen molar-refractivity contribution in [2.45, 2.75) is 25.3 Å². The number of anilines is 1. The predicted octanol–water partition coefficient (Wildman–Crippen LogP) is 1.40. The van der Waals surface area contributed by atoms with E-state index in [1.807, 2.05) is 18.2 Å². The van der Waals surface area contributed by atoms with Gasteiger partial charge in [-0.05, 0) is 37.1 Å². The number of piperidine rings is 1. The van der Waals surface area contributed by atoms with Crippen molar-refractivity contribution in [2.24, 2.45) is 0 Å². The van der Waals surface area contributed by atoms with Crippen LogP contribution in [0.1, 0.15) is 19.3 Å². The average Bonchev–Trinajstić information content (AvgIpc) is 3.12. The van der Waals surface area contributed by atoms with Crippen molar-refractivity contribution >= 4 is 17.4 Å². The van der Waals surface area contributed by atoms with E-state index < -0.39 is 0 Å². The van der Waals surface area contributed by atoms with Crippen molar-refractivity contribution in [1.82, 2.24) is 24.5 Å². The highest BCUT2D eigenvalue weighted by Gasteiger charge is 2.23. The first-order chi connectivity index (χ1) is 13.7. The molecule has 142 valence electrons. The molecule has 28 heavy (non-hydrogen) atoms. The number of amides is 1. The maximum atomic E-state index is 12.1. The van der Waals surface area contributed by atoms with Crippen LogP contribution in [0.5, 0.6) is 0 Å². The number of rotatable bonds is 4. The van der Waals surface area contributed by atoms with Gasteiger partial charge in [-0.3, -0.25) is 9.59 Å². The molecule has 0 aliphatic carbocycles. The van der Waals surface area contributed by atoms with Crippen molar-refractivity contribution in [2.75, 3.05) is 18.4 Å². The molecule has 2 N–H and O–H groups in total. The van der Waals surface area contributed by atoms with Gasteiger partial charge in [-0.2, -0.15) is 5.26 Å². The van der Waals surface area contributed by atoms with E-state index in [9.17, 15) is 9.59 Å². The van der Waals surface area contributed by atoms with E-state index >= 15 is 0 Å². The molecule has 3 aromatic heterocycles. The molecular formula is C19H19N7O2. The molecule has 1 atom stereocenters. The number of hydrogen-bond donors (Lipinski definition) is 2. The molecule has 0 aromatic carbocycles. The van der Waals surface area contributed by atoms with Gasteiger partial charge in [0.1, 0.15) is 12.2 Å². The highest BCUT2D eigenvalue weighted by molar-refractivity contribution is 5.78. The van der Waals surface area contributed by atoms with E-state index in [-0.39, 0.29) is 23.9 Å². The smallest absolute Gasteiger partial charge is 0.257 e. The van der Waals surface area contributed by atoms with Gasteiger partial charge in [0.2, 0.25) is 5.91 Å². The number of nitrogens with one attached hydrogen (secondary N) is 2. The Morgan fingerprint density at radius 1 is 1.39 bits per heavy atom. The Morgan fingerprint density at radius 2 is 2.29 bits per heavy atom. The largest absolute Gasteiger partial charge is 0.364 e. The van der Waals surface area contributed by atoms with Crippen LogP contribution in [0.15, 0.2) is 41.5 Å². The van der Waals surface area contributed by atoms with E-state index in [4.69, 9.17) is 5.26 Å². The van der Waals surface area contributed by atoms with Crippen molar-refractivity contribution in [3.8, 4) is 17.3 Å². The van der Waals surface area contributed by atoms with Gasteiger partial charge in [0, 0.05) is 25.3 Å². The zero-order valence-corrected chi connectivity index (χ0v) is 15.1. The lowest BCUT2D eigenvalue weighted by Crippen LogP contribution is -2.45. The molecule has 9 heteroatoms. The first kappa shape index (κ1) is 17.7. The molecule has 1 aliphatic rings. The van der Waals surface area contributed by atoms with Crippen LogP contribution in [0.25, 0.3) is 16.9 Å². The molecule has 0 unspecified atom stereocenters. The maximum Gasteiger partial charge on any atom is 0.257 e. The molecule has 0 bridgehead atoms. The predicted molar refractivity (Wildman–Crippen MR) is 102 cm³/mol. The lowest BCUT2D eigenvalue weighted by Gasteiger charge is -2.33. The summed E-state index contributed by atoms with van der Waals surface area (Å²) in [6, 6.07) is 9.10. The summed E-state index contributed by atoms with van der Waals surface area (Å²) < 4.78 is 1.63. The number of hydrogen-bond acceptors (Lipinski definition) is 6. The van der Waals surface area contributed by atoms with Gasteiger partial charge in [0.25, 0.3) is 5.56 Å². The van der Waals surface area contributed by atoms with Crippen LogP contribution >= 0.6 is 0 Å². The zero-order valence-electron chi connectivity index (χ0n) is 15.1. The van der Waals surface area contributed by atoms with E-state index in [1.165, 1.54) is 0 Å². The van der Waals surface area contributed by atoms with Gasteiger partial charge in [-0.1, -0.05) is 0 Å². The number of nitriles is 1. The molecule has 1 saturated heterocycles. The van der Waals surface area contributed by atoms with Crippen molar-refractivity contribution < 1.29 is 4.79 Å². The first-order valence-corrected chi connectivity index (χ1v) is 9.10. The molecule has 3 aromatic rings. The van der Waals surface area contributed by atoms with Crippen LogP contribution < -0.4 is 10.9 Å². The second kappa shape index (κ2) is 7.52. The normalized spacial score (nSPS) is 16.7. The molecule has 0 radical (unpaired) electrons. The lowest BCUT2D eigenvalue weighted by molar-refractivity contribution is -0.131. The number of carbonyl (C=O) groups is 1. The summed E-state index contributed by atoms with van der Waals surface area (Å²) >= 11 is 0. The molecule has 1 fully saturated rings. The van der Waals surface area contributed by atoms with Gasteiger partial charge in [0.05, 0.1) is 23.5 Å². The first-order valence-electron chi connectivity index (χ1n) is 9.10. The summed E-state index contributed by atoms with van der Waals surface area (Å²) in [7, 11) is 0. The number of aromatic amines is 1. The van der Waals surface area contributed by atoms with Gasteiger partial charge < -0.3 is 15.2 Å². The number of likely N-dealkylation sites (tertiary alicyclic amines) is 1. The summed E-state index contributed by atoms with van der Waals surface area (Å²) in [6.07, 6.45) is 4.89. The molecule has 4 rings (SSSR count). The fourth-order valence-electron chi connectivity index (χ4n) is 3.47. The summed E-state index contributed by atoms with van der Waals surface area (Å²) in [4.78, 5) is 32.8. The molecule has 1 aliphatic heterocycles. The Bertz CT molecular complexity index is 1110. The minimum atomic E-state index is -0.205. The highest BCUT2D eigenvalue weighted by atomic mass is 16.2. The van der Waals surface area contributed by atoms with E-state index in [2.05, 4.69) is 20.4 Å². The van der Waals surface area contributed by atoms with Crippen molar-refractivity contribution in [3.63, 3.8) is 0 Å². The second-order valence-electron chi connectivity index (χ2n) is 6.70. The minimum absolute atomic E-state index is 0.0495. The van der Waals surface area contributed by atoms with Crippen LogP contribution in [0.4, 0.5) is 5.82 Å². The van der Waals surface area contributed by atoms with Crippen LogP contribution in [-0.4, -0.2) is 49.5 Å². The number of H-pyrrole nitrogens is 1. The second-order valence-corrected chi connectivity index (χ2v) is 6.70. The Kier molecular flexibility index (Phi) is 4.76. The Morgan fingerprint density at radius 3 is 3.11 bits per heavy atom. The zero-order chi connectivity index (χ0) is 19.5. The third kappa shape index (κ3) is 3.44. The van der Waals surface area contributed by atoms with Gasteiger partial charge in [0.15, 0.2) is 5.65 Å². The van der Waals surface area contributed by atoms with Crippen LogP contribution in [0.2, 0.25) is 0 Å². The number of fused-ring (bicyclic) bond motifs is 1. The van der Waals surface area contributed by atoms with Gasteiger partial charge in [-0.25, -0.2) is 9.50 Å². The SMILES string of the molecule is N#CCC(=O)N1CCC[C@@H](Nc2ccc3ncc(-c4ccc[nH]c4=O)n3n2)C1. The summed E-state index contributed by atoms with van der Waals surface area (Å²) in [5.74, 6) is 0.497. The molecule has 0 spiro atoms. The fourth-order valence-corrected chi connectivity index (χ4v) is 3.47. The summed E-state index contributed by atoms with van der Waals surface area (Å²) in [6.45, 7) is 1.21. The minimum Gasteiger partial charge on any atom is -0.364 e. The number of nitrogens with zero attached hydrogens (tertiary/aromatic N) is 5. The molecule has 4 heterocycles. The van der Waals surface area contributed by atoms with Crippen molar-refractivity contribution in [1.29, 1.82) is 5.26 Å². The third-order valence-electron chi connectivity index (χ3n) is 4.81. The van der Waals surface area contributed by atoms with E-state index in [1.54, 1.807) is 33.9 Å². The monoisotopic (exact) mass is 377 g/mol. The summed E-state index contributed by atoms with van der Waals surface area (Å²) in [5.41, 5.74) is 1.53. The number of pyridine rings is 1. The lowest BCUT2D eigenvalue weighted by atomic mass is 10.1. The molecular weight excluding hydrogens is 358 g/mol. The Hall–Kier alpha value is -3.67. The van der Waals surface area contributed by atoms with Crippen molar-refractivity contribution in [3.05, 3.63) is 47.0 Å². The van der Waals surface area contributed by atoms with Crippen LogP contribution in [-0.2, 0) is 4.79 Å². The average molecular weight is 377 g/mol. The highest BCUT2D eigenvalue weighted by Crippen LogP contribution is 2.19. The third-order valence-corrected chi connectivity index (χ3v) is 4.81. The quantitative estimate of drug-likeness (QED) is 0.709. The fraction of sp³-hybridized carbons (Fsp3) is 0.316. The van der Waals surface area contributed by atoms with E-state index in [0.717, 1.165) is 12.8 Å².